The van der Waals surface area contributed by atoms with E-state index in [4.69, 9.17) is 14.5 Å². The third kappa shape index (κ3) is 3.89. The van der Waals surface area contributed by atoms with Crippen molar-refractivity contribution in [3.05, 3.63) is 34.6 Å². The van der Waals surface area contributed by atoms with Crippen LogP contribution in [0.25, 0.3) is 10.9 Å². The summed E-state index contributed by atoms with van der Waals surface area (Å²) < 4.78 is 12.0. The van der Waals surface area contributed by atoms with Crippen molar-refractivity contribution >= 4 is 28.6 Å². The molecule has 0 radical (unpaired) electrons. The van der Waals surface area contributed by atoms with Gasteiger partial charge in [-0.15, -0.1) is 0 Å². The van der Waals surface area contributed by atoms with Crippen LogP contribution in [0.15, 0.2) is 34.2 Å². The topological polar surface area (TPSA) is 70.4 Å². The van der Waals surface area contributed by atoms with Gasteiger partial charge in [-0.1, -0.05) is 36.7 Å². The van der Waals surface area contributed by atoms with Gasteiger partial charge in [-0.2, -0.15) is 0 Å². The maximum Gasteiger partial charge on any atom is 0.312 e. The minimum Gasteiger partial charge on any atom is -0.469 e. The Bertz CT molecular complexity index is 874. The first-order valence-electron chi connectivity index (χ1n) is 9.24. The summed E-state index contributed by atoms with van der Waals surface area (Å²) >= 11 is 1.47. The third-order valence-corrected chi connectivity index (χ3v) is 6.52. The molecule has 1 aromatic heterocycles. The Morgan fingerprint density at radius 1 is 1.30 bits per heavy atom. The minimum atomic E-state index is -0.488. The van der Waals surface area contributed by atoms with Crippen LogP contribution in [0.4, 0.5) is 0 Å². The van der Waals surface area contributed by atoms with Gasteiger partial charge in [-0.05, 0) is 31.9 Å². The lowest BCUT2D eigenvalue weighted by Crippen LogP contribution is -2.33. The molecule has 0 saturated heterocycles. The number of carbonyl (C=O) groups is 1. The van der Waals surface area contributed by atoms with Crippen molar-refractivity contribution in [3.63, 3.8) is 0 Å². The van der Waals surface area contributed by atoms with Crippen LogP contribution in [-0.4, -0.2) is 42.1 Å². The molecule has 6 nitrogen and oxygen atoms in total. The highest BCUT2D eigenvalue weighted by Gasteiger charge is 2.42. The van der Waals surface area contributed by atoms with E-state index in [1.165, 1.54) is 18.9 Å². The predicted octanol–water partition coefficient (Wildman–Crippen LogP) is 3.43. The predicted molar refractivity (Wildman–Crippen MR) is 106 cm³/mol. The molecule has 0 unspecified atom stereocenters. The highest BCUT2D eigenvalue weighted by Crippen LogP contribution is 2.43. The fourth-order valence-electron chi connectivity index (χ4n) is 3.81. The number of nitrogens with zero attached hydrogens (tertiary/aromatic N) is 2. The number of hydrogen-bond donors (Lipinski definition) is 0. The van der Waals surface area contributed by atoms with Crippen molar-refractivity contribution in [1.29, 1.82) is 0 Å². The van der Waals surface area contributed by atoms with Crippen molar-refractivity contribution < 1.29 is 14.3 Å². The van der Waals surface area contributed by atoms with Crippen LogP contribution in [0, 0.1) is 5.41 Å². The molecule has 1 heterocycles. The largest absolute Gasteiger partial charge is 0.469 e. The average Bonchev–Trinajstić information content (AvgIpc) is 3.16. The van der Waals surface area contributed by atoms with Gasteiger partial charge < -0.3 is 9.47 Å². The molecular weight excluding hydrogens is 364 g/mol. The lowest BCUT2D eigenvalue weighted by Gasteiger charge is -2.26. The molecule has 1 fully saturated rings. The Kier molecular flexibility index (Phi) is 6.22. The molecule has 3 rings (SSSR count). The van der Waals surface area contributed by atoms with Crippen LogP contribution in [0.3, 0.4) is 0 Å². The lowest BCUT2D eigenvalue weighted by atomic mass is 9.89. The molecule has 0 N–H and O–H groups in total. The van der Waals surface area contributed by atoms with Gasteiger partial charge in [0.15, 0.2) is 5.16 Å². The molecular formula is C20H26N2O4S. The number of para-hydroxylation sites is 1. The van der Waals surface area contributed by atoms with Gasteiger partial charge in [0.2, 0.25) is 0 Å². The fourth-order valence-corrected chi connectivity index (χ4v) is 5.19. The average molecular weight is 391 g/mol. The number of rotatable bonds is 7. The third-order valence-electron chi connectivity index (χ3n) is 5.28. The molecule has 1 atom stereocenters. The second-order valence-corrected chi connectivity index (χ2v) is 8.10. The van der Waals surface area contributed by atoms with Gasteiger partial charge in [-0.25, -0.2) is 4.98 Å². The number of aromatic nitrogens is 2. The van der Waals surface area contributed by atoms with E-state index in [0.717, 1.165) is 25.7 Å². The molecule has 27 heavy (non-hydrogen) atoms. The Hall–Kier alpha value is -1.86. The van der Waals surface area contributed by atoms with E-state index in [1.54, 1.807) is 17.7 Å². The molecule has 146 valence electrons. The summed E-state index contributed by atoms with van der Waals surface area (Å²) in [5.74, 6) is 0.400. The SMILES string of the molecule is COC[C@@H](C)n1c(SCC2(C(=O)OC)CCCC2)nc2ccccc2c1=O. The monoisotopic (exact) mass is 390 g/mol. The first-order valence-corrected chi connectivity index (χ1v) is 10.2. The van der Waals surface area contributed by atoms with E-state index in [-0.39, 0.29) is 17.6 Å². The zero-order valence-electron chi connectivity index (χ0n) is 16.1. The molecule has 7 heteroatoms. The van der Waals surface area contributed by atoms with Crippen molar-refractivity contribution in [2.75, 3.05) is 26.6 Å². The van der Waals surface area contributed by atoms with Crippen LogP contribution in [0.2, 0.25) is 0 Å². The lowest BCUT2D eigenvalue weighted by molar-refractivity contribution is -0.151. The van der Waals surface area contributed by atoms with E-state index in [0.29, 0.717) is 28.4 Å². The number of methoxy groups -OCH3 is 2. The molecule has 0 spiro atoms. The summed E-state index contributed by atoms with van der Waals surface area (Å²) in [4.78, 5) is 30.2. The van der Waals surface area contributed by atoms with Crippen molar-refractivity contribution in [1.82, 2.24) is 9.55 Å². The molecule has 1 aromatic carbocycles. The quantitative estimate of drug-likeness (QED) is 0.410. The molecule has 1 saturated carbocycles. The van der Waals surface area contributed by atoms with Crippen molar-refractivity contribution in [2.24, 2.45) is 5.41 Å². The molecule has 1 aliphatic rings. The van der Waals surface area contributed by atoms with E-state index in [9.17, 15) is 9.59 Å². The van der Waals surface area contributed by atoms with Crippen molar-refractivity contribution in [2.45, 2.75) is 43.8 Å². The summed E-state index contributed by atoms with van der Waals surface area (Å²) in [6, 6.07) is 7.20. The van der Waals surface area contributed by atoms with Gasteiger partial charge in [0, 0.05) is 12.9 Å². The maximum absolute atomic E-state index is 13.1. The van der Waals surface area contributed by atoms with E-state index < -0.39 is 5.41 Å². The molecule has 0 amide bonds. The molecule has 1 aliphatic carbocycles. The first kappa shape index (κ1) is 19.9. The van der Waals surface area contributed by atoms with Crippen LogP contribution < -0.4 is 5.56 Å². The number of ether oxygens (including phenoxy) is 2. The number of carbonyl (C=O) groups excluding carboxylic acids is 1. The van der Waals surface area contributed by atoms with Crippen LogP contribution >= 0.6 is 11.8 Å². The Morgan fingerprint density at radius 3 is 2.67 bits per heavy atom. The second kappa shape index (κ2) is 8.44. The summed E-state index contributed by atoms with van der Waals surface area (Å²) in [5.41, 5.74) is 0.105. The normalized spacial score (nSPS) is 17.1. The first-order chi connectivity index (χ1) is 13.0. The molecule has 0 aliphatic heterocycles. The molecule has 0 bridgehead atoms. The zero-order chi connectivity index (χ0) is 19.4. The van der Waals surface area contributed by atoms with Gasteiger partial charge in [0.25, 0.3) is 5.56 Å². The number of esters is 1. The summed E-state index contributed by atoms with van der Waals surface area (Å²) in [7, 11) is 3.06. The smallest absolute Gasteiger partial charge is 0.312 e. The molecule has 2 aromatic rings. The summed E-state index contributed by atoms with van der Waals surface area (Å²) in [5, 5.41) is 1.21. The van der Waals surface area contributed by atoms with Crippen molar-refractivity contribution in [3.8, 4) is 0 Å². The standard InChI is InChI=1S/C20H26N2O4S/c1-14(12-25-2)22-17(23)15-8-4-5-9-16(15)21-19(22)27-13-20(18(24)26-3)10-6-7-11-20/h4-5,8-9,14H,6-7,10-13H2,1-3H3/t14-/m1/s1. The van der Waals surface area contributed by atoms with Crippen LogP contribution in [-0.2, 0) is 14.3 Å². The Labute approximate surface area is 163 Å². The highest BCUT2D eigenvalue weighted by molar-refractivity contribution is 7.99. The van der Waals surface area contributed by atoms with E-state index >= 15 is 0 Å². The minimum absolute atomic E-state index is 0.0776. The van der Waals surface area contributed by atoms with E-state index in [2.05, 4.69) is 0 Å². The fraction of sp³-hybridized carbons (Fsp3) is 0.550. The second-order valence-electron chi connectivity index (χ2n) is 7.16. The van der Waals surface area contributed by atoms with Crippen LogP contribution in [0.5, 0.6) is 0 Å². The Morgan fingerprint density at radius 2 is 2.00 bits per heavy atom. The number of fused-ring (bicyclic) bond motifs is 1. The van der Waals surface area contributed by atoms with Gasteiger partial charge in [0.1, 0.15) is 0 Å². The maximum atomic E-state index is 13.1. The summed E-state index contributed by atoms with van der Waals surface area (Å²) in [6.45, 7) is 2.35. The number of hydrogen-bond acceptors (Lipinski definition) is 6. The van der Waals surface area contributed by atoms with Gasteiger partial charge in [0.05, 0.1) is 36.1 Å². The van der Waals surface area contributed by atoms with Gasteiger partial charge in [-0.3, -0.25) is 14.2 Å². The zero-order valence-corrected chi connectivity index (χ0v) is 16.9. The van der Waals surface area contributed by atoms with Gasteiger partial charge >= 0.3 is 5.97 Å². The number of benzene rings is 1. The Balaban J connectivity index is 2.00. The highest BCUT2D eigenvalue weighted by atomic mass is 32.2. The van der Waals surface area contributed by atoms with Crippen LogP contribution in [0.1, 0.15) is 38.6 Å². The number of thioether (sulfide) groups is 1. The van der Waals surface area contributed by atoms with E-state index in [1.807, 2.05) is 25.1 Å². The summed E-state index contributed by atoms with van der Waals surface area (Å²) in [6.07, 6.45) is 3.68.